The zero-order chi connectivity index (χ0) is 28.7. The van der Waals surface area contributed by atoms with Crippen LogP contribution in [0.5, 0.6) is 17.2 Å². The fourth-order valence-corrected chi connectivity index (χ4v) is 6.33. The van der Waals surface area contributed by atoms with Gasteiger partial charge in [-0.1, -0.05) is 12.1 Å². The van der Waals surface area contributed by atoms with Crippen molar-refractivity contribution < 1.29 is 53.8 Å². The van der Waals surface area contributed by atoms with Crippen LogP contribution in [0.25, 0.3) is 0 Å². The van der Waals surface area contributed by atoms with Crippen molar-refractivity contribution in [2.75, 3.05) is 13.7 Å². The van der Waals surface area contributed by atoms with E-state index in [1.165, 1.54) is 32.2 Å². The summed E-state index contributed by atoms with van der Waals surface area (Å²) in [6.07, 6.45) is -4.15. The topological polar surface area (TPSA) is 172 Å². The molecule has 0 amide bonds. The summed E-state index contributed by atoms with van der Waals surface area (Å²) >= 11 is 0. The van der Waals surface area contributed by atoms with E-state index in [0.29, 0.717) is 6.61 Å². The molecule has 11 nitrogen and oxygen atoms in total. The van der Waals surface area contributed by atoms with E-state index in [1.54, 1.807) is 6.92 Å². The van der Waals surface area contributed by atoms with E-state index < -0.39 is 76.6 Å². The second-order valence-electron chi connectivity index (χ2n) is 11.0. The van der Waals surface area contributed by atoms with Crippen molar-refractivity contribution in [1.29, 1.82) is 0 Å². The van der Waals surface area contributed by atoms with Crippen molar-refractivity contribution in [3.63, 3.8) is 0 Å². The molecule has 0 saturated carbocycles. The van der Waals surface area contributed by atoms with Gasteiger partial charge >= 0.3 is 0 Å². The van der Waals surface area contributed by atoms with E-state index in [1.807, 2.05) is 0 Å². The van der Waals surface area contributed by atoms with E-state index in [4.69, 9.17) is 18.9 Å². The Labute approximate surface area is 229 Å². The molecule has 2 saturated heterocycles. The number of methoxy groups -OCH3 is 1. The van der Waals surface area contributed by atoms with Gasteiger partial charge in [0, 0.05) is 41.9 Å². The largest absolute Gasteiger partial charge is 0.507 e. The lowest BCUT2D eigenvalue weighted by atomic mass is 9.72. The summed E-state index contributed by atoms with van der Waals surface area (Å²) in [7, 11) is 1.35. The third-order valence-corrected chi connectivity index (χ3v) is 8.63. The number of hydrogen-bond acceptors (Lipinski definition) is 11. The van der Waals surface area contributed by atoms with E-state index >= 15 is 0 Å². The number of carbonyl (C=O) groups is 3. The monoisotopic (exact) mass is 554 g/mol. The highest BCUT2D eigenvalue weighted by molar-refractivity contribution is 6.31. The number of Topliss-reactive ketones (excluding diaryl/α,β-unsaturated/α-hetero) is 1. The van der Waals surface area contributed by atoms with Crippen LogP contribution in [0.3, 0.4) is 0 Å². The molecular formula is C29H30O11. The number of fused-ring (bicyclic) bond motifs is 3. The van der Waals surface area contributed by atoms with Gasteiger partial charge in [0.15, 0.2) is 17.9 Å². The van der Waals surface area contributed by atoms with Gasteiger partial charge in [0.05, 0.1) is 54.8 Å². The molecule has 4 aliphatic rings. The fourth-order valence-electron chi connectivity index (χ4n) is 6.33. The van der Waals surface area contributed by atoms with Gasteiger partial charge in [-0.25, -0.2) is 0 Å². The molecule has 6 rings (SSSR count). The Balaban J connectivity index is 1.48. The Morgan fingerprint density at radius 1 is 1.10 bits per heavy atom. The van der Waals surface area contributed by atoms with E-state index in [0.717, 1.165) is 0 Å². The Morgan fingerprint density at radius 2 is 1.80 bits per heavy atom. The summed E-state index contributed by atoms with van der Waals surface area (Å²) in [5, 5.41) is 44.9. The number of hydrogen-bond donors (Lipinski definition) is 4. The van der Waals surface area contributed by atoms with Crippen molar-refractivity contribution in [2.24, 2.45) is 5.92 Å². The molecule has 0 bridgehead atoms. The summed E-state index contributed by atoms with van der Waals surface area (Å²) in [4.78, 5) is 39.8. The first kappa shape index (κ1) is 26.9. The maximum Gasteiger partial charge on any atom is 0.202 e. The van der Waals surface area contributed by atoms with Crippen molar-refractivity contribution >= 4 is 17.3 Å². The molecule has 40 heavy (non-hydrogen) atoms. The van der Waals surface area contributed by atoms with Gasteiger partial charge in [-0.2, -0.15) is 0 Å². The molecule has 0 spiro atoms. The Bertz CT molecular complexity index is 1440. The Kier molecular flexibility index (Phi) is 6.28. The highest BCUT2D eigenvalue weighted by Gasteiger charge is 2.50. The lowest BCUT2D eigenvalue weighted by Crippen LogP contribution is -2.49. The van der Waals surface area contributed by atoms with Gasteiger partial charge in [0.1, 0.15) is 22.8 Å². The number of rotatable bonds is 5. The summed E-state index contributed by atoms with van der Waals surface area (Å²) < 4.78 is 22.8. The minimum atomic E-state index is -1.99. The quantitative estimate of drug-likeness (QED) is 0.267. The minimum Gasteiger partial charge on any atom is -0.507 e. The van der Waals surface area contributed by atoms with Gasteiger partial charge in [-0.3, -0.25) is 14.4 Å². The van der Waals surface area contributed by atoms with E-state index in [-0.39, 0.29) is 52.9 Å². The number of epoxide rings is 1. The number of ketones is 3. The van der Waals surface area contributed by atoms with Crippen LogP contribution in [0.15, 0.2) is 18.2 Å². The number of benzene rings is 2. The lowest BCUT2D eigenvalue weighted by molar-refractivity contribution is -0.258. The molecule has 0 aromatic heterocycles. The summed E-state index contributed by atoms with van der Waals surface area (Å²) in [6.45, 7) is 3.38. The maximum absolute atomic E-state index is 13.7. The molecule has 2 aliphatic carbocycles. The SMILES string of the molecule is COc1cccc2c1C(=O)c1c(O)c3c(c(O)c1C2=O)C[C@@](O)(C(C)=O)C[C@H]3O[C@H]1C[C@H](C2CO2)[C@H](O)[C@H](C)O1. The smallest absolute Gasteiger partial charge is 0.202 e. The van der Waals surface area contributed by atoms with Crippen LogP contribution < -0.4 is 4.74 Å². The molecular weight excluding hydrogens is 524 g/mol. The predicted octanol–water partition coefficient (Wildman–Crippen LogP) is 1.72. The Morgan fingerprint density at radius 3 is 2.45 bits per heavy atom. The Hall–Kier alpha value is -3.35. The third-order valence-electron chi connectivity index (χ3n) is 8.63. The summed E-state index contributed by atoms with van der Waals surface area (Å²) in [5.41, 5.74) is -2.93. The summed E-state index contributed by atoms with van der Waals surface area (Å²) in [5.74, 6) is -3.37. The van der Waals surface area contributed by atoms with Crippen molar-refractivity contribution in [1.82, 2.24) is 0 Å². The van der Waals surface area contributed by atoms with Crippen LogP contribution in [0.4, 0.5) is 0 Å². The molecule has 2 aromatic carbocycles. The van der Waals surface area contributed by atoms with Gasteiger partial charge in [0.25, 0.3) is 0 Å². The van der Waals surface area contributed by atoms with Crippen molar-refractivity contribution in [3.05, 3.63) is 51.6 Å². The molecule has 2 heterocycles. The molecule has 0 radical (unpaired) electrons. The van der Waals surface area contributed by atoms with Gasteiger partial charge in [-0.15, -0.1) is 0 Å². The number of ether oxygens (including phenoxy) is 4. The first-order valence-corrected chi connectivity index (χ1v) is 13.2. The van der Waals surface area contributed by atoms with Gasteiger partial charge < -0.3 is 39.4 Å². The highest BCUT2D eigenvalue weighted by atomic mass is 16.7. The molecule has 4 N–H and O–H groups in total. The second kappa shape index (κ2) is 9.35. The van der Waals surface area contributed by atoms with Crippen molar-refractivity contribution in [3.8, 4) is 17.2 Å². The van der Waals surface area contributed by atoms with Crippen molar-refractivity contribution in [2.45, 2.75) is 69.4 Å². The molecule has 2 aliphatic heterocycles. The minimum absolute atomic E-state index is 0.00609. The number of aliphatic hydroxyl groups is 2. The average molecular weight is 555 g/mol. The number of aliphatic hydroxyl groups excluding tert-OH is 1. The standard InChI is InChI=1S/C29H30O11/c1-11-24(31)14(18-10-38-18)7-19(39-11)40-17-9-29(36,12(2)30)8-15-21(17)28(35)23-22(26(15)33)25(32)13-5-4-6-16(37-3)20(13)27(23)34/h4-6,11,14,17-19,24,31,33,35-36H,7-10H2,1-3H3/t11-,14+,17+,18?,19-,24+,29-/m0/s1. The van der Waals surface area contributed by atoms with Crippen LogP contribution in [0, 0.1) is 5.92 Å². The van der Waals surface area contributed by atoms with Crippen LogP contribution in [0.1, 0.15) is 75.8 Å². The van der Waals surface area contributed by atoms with Crippen LogP contribution in [0.2, 0.25) is 0 Å². The van der Waals surface area contributed by atoms with Gasteiger partial charge in [-0.05, 0) is 19.9 Å². The number of phenolic OH excluding ortho intramolecular Hbond substituents is 2. The molecule has 2 aromatic rings. The normalized spacial score (nSPS) is 32.6. The number of carbonyl (C=O) groups excluding carboxylic acids is 3. The molecule has 7 atom stereocenters. The van der Waals surface area contributed by atoms with Gasteiger partial charge in [0.2, 0.25) is 5.78 Å². The molecule has 11 heteroatoms. The highest BCUT2D eigenvalue weighted by Crippen LogP contribution is 2.52. The zero-order valence-corrected chi connectivity index (χ0v) is 22.2. The summed E-state index contributed by atoms with van der Waals surface area (Å²) in [6, 6.07) is 4.47. The number of aromatic hydroxyl groups is 2. The second-order valence-corrected chi connectivity index (χ2v) is 11.0. The fraction of sp³-hybridized carbons (Fsp3) is 0.483. The lowest BCUT2D eigenvalue weighted by Gasteiger charge is -2.42. The molecule has 2 fully saturated rings. The van der Waals surface area contributed by atoms with Crippen LogP contribution in [-0.4, -0.2) is 81.7 Å². The first-order chi connectivity index (χ1) is 19.0. The first-order valence-electron chi connectivity index (χ1n) is 13.2. The predicted molar refractivity (Wildman–Crippen MR) is 136 cm³/mol. The van der Waals surface area contributed by atoms with Crippen LogP contribution >= 0.6 is 0 Å². The third kappa shape index (κ3) is 3.95. The molecule has 212 valence electrons. The maximum atomic E-state index is 13.7. The van der Waals surface area contributed by atoms with E-state index in [2.05, 4.69) is 0 Å². The average Bonchev–Trinajstić information content (AvgIpc) is 3.76. The molecule has 1 unspecified atom stereocenters. The number of phenols is 2. The van der Waals surface area contributed by atoms with E-state index in [9.17, 15) is 34.8 Å². The zero-order valence-electron chi connectivity index (χ0n) is 22.2. The van der Waals surface area contributed by atoms with Crippen LogP contribution in [-0.2, 0) is 25.4 Å².